The number of allylic oxidation sites excluding steroid dienone is 2. The van der Waals surface area contributed by atoms with Crippen molar-refractivity contribution in [1.82, 2.24) is 5.32 Å². The number of hydrogen-bond donors (Lipinski definition) is 4. The summed E-state index contributed by atoms with van der Waals surface area (Å²) >= 11 is 0. The van der Waals surface area contributed by atoms with E-state index < -0.39 is 23.3 Å². The van der Waals surface area contributed by atoms with Crippen molar-refractivity contribution in [1.29, 1.82) is 0 Å². The molecule has 3 atom stereocenters. The number of carbonyl (C=O) groups excluding carboxylic acids is 1. The number of epoxide rings is 1. The van der Waals surface area contributed by atoms with Gasteiger partial charge < -0.3 is 39.9 Å². The number of nitrogens with one attached hydrogen (secondary N) is 1. The molecule has 38 heavy (non-hydrogen) atoms. The second kappa shape index (κ2) is 9.67. The predicted octanol–water partition coefficient (Wildman–Crippen LogP) is 2.45. The number of esters is 1. The molecule has 204 valence electrons. The largest absolute Gasteiger partial charge is 0.507 e. The fourth-order valence-corrected chi connectivity index (χ4v) is 5.36. The van der Waals surface area contributed by atoms with Crippen molar-refractivity contribution in [3.05, 3.63) is 57.2 Å². The fraction of sp³-hybridized carbons (Fsp3) is 0.500. The number of ether oxygens (including phenoxy) is 3. The van der Waals surface area contributed by atoms with E-state index in [1.54, 1.807) is 26.8 Å². The van der Waals surface area contributed by atoms with E-state index in [0.29, 0.717) is 55.1 Å². The Labute approximate surface area is 220 Å². The lowest BCUT2D eigenvalue weighted by atomic mass is 9.89. The maximum Gasteiger partial charge on any atom is 0.341 e. The minimum Gasteiger partial charge on any atom is -0.507 e. The number of nitrogens with two attached hydrogens (primary N) is 1. The first-order valence-electron chi connectivity index (χ1n) is 12.9. The molecule has 2 aromatic rings. The van der Waals surface area contributed by atoms with Gasteiger partial charge in [0.05, 0.1) is 11.9 Å². The van der Waals surface area contributed by atoms with Crippen molar-refractivity contribution < 1.29 is 33.6 Å². The summed E-state index contributed by atoms with van der Waals surface area (Å²) in [5.74, 6) is 0.645. The Bertz CT molecular complexity index is 1390. The van der Waals surface area contributed by atoms with Crippen LogP contribution in [0.5, 0.6) is 11.5 Å². The van der Waals surface area contributed by atoms with Gasteiger partial charge >= 0.3 is 5.97 Å². The Morgan fingerprint density at radius 1 is 1.32 bits per heavy atom. The van der Waals surface area contributed by atoms with Gasteiger partial charge in [0.15, 0.2) is 11.0 Å². The highest BCUT2D eigenvalue weighted by atomic mass is 16.7. The number of dihydropyridines is 1. The first kappa shape index (κ1) is 26.1. The van der Waals surface area contributed by atoms with Crippen molar-refractivity contribution in [2.75, 3.05) is 13.2 Å². The molecule has 4 heterocycles. The molecular weight excluding hydrogens is 492 g/mol. The average Bonchev–Trinajstić information content (AvgIpc) is 3.56. The number of aliphatic hydroxyl groups is 1. The van der Waals surface area contributed by atoms with Crippen molar-refractivity contribution in [2.24, 2.45) is 5.73 Å². The zero-order valence-electron chi connectivity index (χ0n) is 21.8. The molecule has 5 N–H and O–H groups in total. The second-order valence-corrected chi connectivity index (χ2v) is 10.7. The van der Waals surface area contributed by atoms with Gasteiger partial charge in [-0.15, -0.1) is 0 Å². The van der Waals surface area contributed by atoms with E-state index in [9.17, 15) is 19.8 Å². The Hall–Kier alpha value is -3.50. The van der Waals surface area contributed by atoms with Crippen LogP contribution in [0.4, 0.5) is 0 Å². The summed E-state index contributed by atoms with van der Waals surface area (Å²) in [5, 5.41) is 23.5. The van der Waals surface area contributed by atoms with Crippen molar-refractivity contribution in [2.45, 2.75) is 76.3 Å². The average molecular weight is 527 g/mol. The molecular formula is C28H34N2O8. The molecule has 0 saturated carbocycles. The Morgan fingerprint density at radius 2 is 2.11 bits per heavy atom. The number of aliphatic hydroxyl groups excluding tert-OH is 1. The van der Waals surface area contributed by atoms with E-state index in [0.717, 1.165) is 5.57 Å². The summed E-state index contributed by atoms with van der Waals surface area (Å²) in [6.07, 6.45) is 4.97. The Morgan fingerprint density at radius 3 is 2.84 bits per heavy atom. The number of hydrogen-bond acceptors (Lipinski definition) is 10. The maximum absolute atomic E-state index is 13.5. The van der Waals surface area contributed by atoms with Crippen molar-refractivity contribution in [3.8, 4) is 11.5 Å². The van der Waals surface area contributed by atoms with Crippen LogP contribution < -0.4 is 21.2 Å². The monoisotopic (exact) mass is 526 g/mol. The van der Waals surface area contributed by atoms with E-state index in [2.05, 4.69) is 5.32 Å². The number of fused-ring (bicyclic) bond motifs is 2. The number of rotatable bonds is 8. The van der Waals surface area contributed by atoms with E-state index >= 15 is 0 Å². The third kappa shape index (κ3) is 4.74. The first-order chi connectivity index (χ1) is 18.0. The molecule has 3 aliphatic heterocycles. The molecule has 0 amide bonds. The minimum absolute atomic E-state index is 0.0645. The predicted molar refractivity (Wildman–Crippen MR) is 139 cm³/mol. The summed E-state index contributed by atoms with van der Waals surface area (Å²) in [6, 6.07) is 2.91. The molecule has 1 aromatic carbocycles. The van der Waals surface area contributed by atoms with Gasteiger partial charge in [0.25, 0.3) is 0 Å². The second-order valence-electron chi connectivity index (χ2n) is 10.7. The van der Waals surface area contributed by atoms with E-state index in [1.165, 1.54) is 6.07 Å². The van der Waals surface area contributed by atoms with Gasteiger partial charge in [0, 0.05) is 37.3 Å². The number of aromatic hydroxyl groups is 1. The molecule has 3 aliphatic rings. The third-order valence-electron chi connectivity index (χ3n) is 7.54. The lowest BCUT2D eigenvalue weighted by molar-refractivity contribution is -0.168. The molecule has 1 aromatic heterocycles. The van der Waals surface area contributed by atoms with Crippen LogP contribution in [0, 0.1) is 6.92 Å². The van der Waals surface area contributed by atoms with Crippen LogP contribution in [0.3, 0.4) is 0 Å². The normalized spacial score (nSPS) is 25.5. The number of phenols is 1. The van der Waals surface area contributed by atoms with Crippen molar-refractivity contribution in [3.63, 3.8) is 0 Å². The lowest BCUT2D eigenvalue weighted by Gasteiger charge is -2.39. The van der Waals surface area contributed by atoms with Gasteiger partial charge in [-0.05, 0) is 58.1 Å². The van der Waals surface area contributed by atoms with Crippen LogP contribution >= 0.6 is 0 Å². The Kier molecular flexibility index (Phi) is 6.65. The molecule has 5 rings (SSSR count). The van der Waals surface area contributed by atoms with Crippen LogP contribution in [0.2, 0.25) is 0 Å². The van der Waals surface area contributed by atoms with Crippen LogP contribution in [0.1, 0.15) is 50.9 Å². The van der Waals surface area contributed by atoms with Gasteiger partial charge in [0.2, 0.25) is 0 Å². The molecule has 10 nitrogen and oxygen atoms in total. The number of carbonyl (C=O) groups is 1. The summed E-state index contributed by atoms with van der Waals surface area (Å²) < 4.78 is 23.8. The van der Waals surface area contributed by atoms with Gasteiger partial charge in [-0.25, -0.2) is 4.79 Å². The summed E-state index contributed by atoms with van der Waals surface area (Å²) in [6.45, 7) is 5.84. The fourth-order valence-electron chi connectivity index (χ4n) is 5.36. The molecule has 3 unspecified atom stereocenters. The Balaban J connectivity index is 1.36. The van der Waals surface area contributed by atoms with E-state index in [4.69, 9.17) is 24.4 Å². The smallest absolute Gasteiger partial charge is 0.341 e. The van der Waals surface area contributed by atoms with Crippen LogP contribution in [-0.2, 0) is 20.7 Å². The van der Waals surface area contributed by atoms with Crippen LogP contribution in [0.25, 0.3) is 11.0 Å². The van der Waals surface area contributed by atoms with Gasteiger partial charge in [-0.1, -0.05) is 6.08 Å². The lowest BCUT2D eigenvalue weighted by Crippen LogP contribution is -2.50. The SMILES string of the molecule is Cc1cc(=O)c2c(O)c3c(cc2o1)OC(C)(C)C(OC(=O)C1(CCCO)OC1CCC1=CCNC(N)=C1)C3. The molecule has 1 fully saturated rings. The topological polar surface area (TPSA) is 157 Å². The zero-order valence-corrected chi connectivity index (χ0v) is 21.8. The van der Waals surface area contributed by atoms with Gasteiger partial charge in [-0.2, -0.15) is 0 Å². The molecule has 10 heteroatoms. The highest BCUT2D eigenvalue weighted by Gasteiger charge is 2.63. The third-order valence-corrected chi connectivity index (χ3v) is 7.54. The molecule has 0 bridgehead atoms. The van der Waals surface area contributed by atoms with Crippen LogP contribution in [-0.4, -0.2) is 52.7 Å². The first-order valence-corrected chi connectivity index (χ1v) is 12.9. The van der Waals surface area contributed by atoms with E-state index in [1.807, 2.05) is 12.2 Å². The molecule has 0 aliphatic carbocycles. The number of benzene rings is 1. The quantitative estimate of drug-likeness (QED) is 0.297. The number of phenolic OH excluding ortho intramolecular Hbond substituents is 1. The van der Waals surface area contributed by atoms with E-state index in [-0.39, 0.29) is 41.3 Å². The summed E-state index contributed by atoms with van der Waals surface area (Å²) in [4.78, 5) is 26.1. The highest BCUT2D eigenvalue weighted by molar-refractivity contribution is 5.87. The maximum atomic E-state index is 13.5. The van der Waals surface area contributed by atoms with Crippen LogP contribution in [0.15, 0.2) is 44.9 Å². The summed E-state index contributed by atoms with van der Waals surface area (Å²) in [7, 11) is 0. The molecule has 1 saturated heterocycles. The standard InChI is InChI=1S/C28H34N2O8/c1-15-11-18(32)24-20(35-15)14-19-17(25(24)33)13-22(27(2,3)37-19)36-26(34)28(8-4-10-31)21(38-28)6-5-16-7-9-30-23(29)12-16/h7,11-12,14,21-22,30-31,33H,4-6,8-10,13,29H2,1-3H3. The summed E-state index contributed by atoms with van der Waals surface area (Å²) in [5.41, 5.74) is 5.10. The van der Waals surface area contributed by atoms with Gasteiger partial charge in [-0.3, -0.25) is 4.79 Å². The minimum atomic E-state index is -1.15. The highest BCUT2D eigenvalue weighted by Crippen LogP contribution is 2.47. The van der Waals surface area contributed by atoms with Gasteiger partial charge in [0.1, 0.15) is 39.9 Å². The van der Waals surface area contributed by atoms with Crippen molar-refractivity contribution >= 4 is 16.9 Å². The number of aryl methyl sites for hydroxylation is 1. The zero-order chi connectivity index (χ0) is 27.2. The molecule has 0 spiro atoms. The molecule has 0 radical (unpaired) electrons.